The average Bonchev–Trinajstić information content (AvgIpc) is 2.38. The third-order valence-corrected chi connectivity index (χ3v) is 3.25. The van der Waals surface area contributed by atoms with Crippen molar-refractivity contribution in [1.29, 1.82) is 0 Å². The molecule has 0 radical (unpaired) electrons. The first-order chi connectivity index (χ1) is 9.49. The molecule has 100 valence electrons. The second kappa shape index (κ2) is 4.12. The molecule has 20 heavy (non-hydrogen) atoms. The van der Waals surface area contributed by atoms with Crippen LogP contribution >= 0.6 is 0 Å². The predicted octanol–water partition coefficient (Wildman–Crippen LogP) is 2.40. The third kappa shape index (κ3) is 1.65. The molecule has 6 nitrogen and oxygen atoms in total. The van der Waals surface area contributed by atoms with Gasteiger partial charge in [0.05, 0.1) is 27.1 Å². The zero-order valence-corrected chi connectivity index (χ0v) is 10.9. The fourth-order valence-corrected chi connectivity index (χ4v) is 2.46. The zero-order valence-electron chi connectivity index (χ0n) is 10.9. The minimum absolute atomic E-state index is 0.0306. The number of aryl methyl sites for hydroxylation is 1. The molecule has 1 N–H and O–H groups in total. The summed E-state index contributed by atoms with van der Waals surface area (Å²) in [5.74, 6) is 0.633. The van der Waals surface area contributed by atoms with Crippen LogP contribution in [0.25, 0.3) is 27.6 Å². The summed E-state index contributed by atoms with van der Waals surface area (Å²) in [6.45, 7) is 3.27. The van der Waals surface area contributed by atoms with E-state index >= 15 is 0 Å². The second-order valence-corrected chi connectivity index (χ2v) is 4.60. The monoisotopic (exact) mass is 269 g/mol. The van der Waals surface area contributed by atoms with Crippen LogP contribution in [-0.4, -0.2) is 20.0 Å². The summed E-state index contributed by atoms with van der Waals surface area (Å²) in [5.41, 5.74) is 1.21. The number of non-ortho nitro benzene ring substituents is 1. The van der Waals surface area contributed by atoms with E-state index in [1.165, 1.54) is 13.0 Å². The summed E-state index contributed by atoms with van der Waals surface area (Å²) in [6, 6.07) is 6.41. The van der Waals surface area contributed by atoms with Crippen LogP contribution < -0.4 is 5.22 Å². The number of benzene rings is 2. The molecule has 0 bridgehead atoms. The van der Waals surface area contributed by atoms with E-state index < -0.39 is 4.92 Å². The molecular weight excluding hydrogens is 258 g/mol. The van der Waals surface area contributed by atoms with Gasteiger partial charge in [0.15, 0.2) is 0 Å². The normalized spacial score (nSPS) is 12.9. The minimum Gasteiger partial charge on any atom is -0.512 e. The van der Waals surface area contributed by atoms with E-state index in [1.807, 2.05) is 0 Å². The van der Waals surface area contributed by atoms with Crippen LogP contribution in [0.3, 0.4) is 0 Å². The molecule has 0 amide bonds. The Kier molecular flexibility index (Phi) is 2.53. The molecule has 1 heterocycles. The van der Waals surface area contributed by atoms with Crippen molar-refractivity contribution >= 4 is 33.3 Å². The number of aliphatic hydroxyl groups excluding tert-OH is 1. The van der Waals surface area contributed by atoms with Gasteiger partial charge in [-0.1, -0.05) is 0 Å². The number of aromatic nitrogens is 2. The van der Waals surface area contributed by atoms with Crippen molar-refractivity contribution in [2.75, 3.05) is 0 Å². The highest BCUT2D eigenvalue weighted by Crippen LogP contribution is 2.29. The van der Waals surface area contributed by atoms with Crippen LogP contribution in [0.2, 0.25) is 0 Å². The molecule has 0 aliphatic heterocycles. The molecular formula is C14H11N3O3. The number of nitro groups is 1. The predicted molar refractivity (Wildman–Crippen MR) is 75.4 cm³/mol. The summed E-state index contributed by atoms with van der Waals surface area (Å²) in [6.07, 6.45) is 0. The first kappa shape index (κ1) is 12.3. The molecule has 0 aliphatic carbocycles. The van der Waals surface area contributed by atoms with Gasteiger partial charge in [0.25, 0.3) is 5.69 Å². The van der Waals surface area contributed by atoms with Crippen molar-refractivity contribution in [3.63, 3.8) is 0 Å². The summed E-state index contributed by atoms with van der Waals surface area (Å²) < 4.78 is 0. The van der Waals surface area contributed by atoms with Gasteiger partial charge in [0, 0.05) is 16.7 Å². The number of nitrogens with zero attached hydrogens (tertiary/aromatic N) is 3. The van der Waals surface area contributed by atoms with E-state index in [2.05, 4.69) is 9.97 Å². The number of rotatable bonds is 1. The maximum Gasteiger partial charge on any atom is 0.278 e. The quantitative estimate of drug-likeness (QED) is 0.541. The maximum absolute atomic E-state index is 11.2. The molecule has 0 spiro atoms. The van der Waals surface area contributed by atoms with Gasteiger partial charge in [-0.2, -0.15) is 0 Å². The van der Waals surface area contributed by atoms with Crippen molar-refractivity contribution in [3.8, 4) is 0 Å². The standard InChI is InChI=1S/C14H11N3O3/c1-7(18)9-3-4-10-14-11(16-8(2)15-10)5-6-12(13(9)14)17(19)20/h3-6,18H,1-2H3/b9-7-. The number of nitro benzene ring substituents is 1. The molecule has 6 heteroatoms. The minimum atomic E-state index is -0.458. The molecule has 0 atom stereocenters. The first-order valence-electron chi connectivity index (χ1n) is 6.03. The van der Waals surface area contributed by atoms with Crippen molar-refractivity contribution in [1.82, 2.24) is 9.97 Å². The van der Waals surface area contributed by atoms with Gasteiger partial charge in [-0.25, -0.2) is 9.97 Å². The number of hydrogen-bond acceptors (Lipinski definition) is 5. The number of hydrogen-bond donors (Lipinski definition) is 1. The summed E-state index contributed by atoms with van der Waals surface area (Å²) in [4.78, 5) is 19.4. The van der Waals surface area contributed by atoms with Crippen LogP contribution in [0.5, 0.6) is 0 Å². The Labute approximate surface area is 113 Å². The summed E-state index contributed by atoms with van der Waals surface area (Å²) in [5, 5.41) is 22.4. The molecule has 0 unspecified atom stereocenters. The van der Waals surface area contributed by atoms with E-state index in [4.69, 9.17) is 0 Å². The Morgan fingerprint density at radius 2 is 1.75 bits per heavy atom. The van der Waals surface area contributed by atoms with E-state index in [9.17, 15) is 15.2 Å². The molecule has 1 aromatic heterocycles. The summed E-state index contributed by atoms with van der Waals surface area (Å²) >= 11 is 0. The smallest absolute Gasteiger partial charge is 0.278 e. The van der Waals surface area contributed by atoms with Gasteiger partial charge in [-0.05, 0) is 32.0 Å². The zero-order chi connectivity index (χ0) is 14.4. The molecule has 0 saturated carbocycles. The Bertz CT molecular complexity index is 896. The van der Waals surface area contributed by atoms with Crippen molar-refractivity contribution in [3.05, 3.63) is 45.4 Å². The molecule has 3 aromatic rings. The van der Waals surface area contributed by atoms with Crippen LogP contribution in [0.4, 0.5) is 5.69 Å². The van der Waals surface area contributed by atoms with Gasteiger partial charge < -0.3 is 5.11 Å². The second-order valence-electron chi connectivity index (χ2n) is 4.60. The lowest BCUT2D eigenvalue weighted by atomic mass is 10.0. The lowest BCUT2D eigenvalue weighted by molar-refractivity contribution is -0.383. The van der Waals surface area contributed by atoms with E-state index in [1.54, 1.807) is 25.1 Å². The van der Waals surface area contributed by atoms with E-state index in [-0.39, 0.29) is 11.4 Å². The topological polar surface area (TPSA) is 89.2 Å². The highest BCUT2D eigenvalue weighted by atomic mass is 16.6. The highest BCUT2D eigenvalue weighted by Gasteiger charge is 2.18. The van der Waals surface area contributed by atoms with Crippen LogP contribution in [0, 0.1) is 17.0 Å². The average molecular weight is 269 g/mol. The lowest BCUT2D eigenvalue weighted by Crippen LogP contribution is -2.09. The summed E-state index contributed by atoms with van der Waals surface area (Å²) in [7, 11) is 0. The van der Waals surface area contributed by atoms with Gasteiger partial charge in [0.1, 0.15) is 5.82 Å². The highest BCUT2D eigenvalue weighted by molar-refractivity contribution is 6.10. The molecule has 0 fully saturated rings. The Balaban J connectivity index is 2.71. The van der Waals surface area contributed by atoms with Crippen molar-refractivity contribution in [2.45, 2.75) is 13.8 Å². The van der Waals surface area contributed by atoms with Gasteiger partial charge in [-0.15, -0.1) is 0 Å². The Morgan fingerprint density at radius 3 is 2.30 bits per heavy atom. The molecule has 0 saturated heterocycles. The largest absolute Gasteiger partial charge is 0.512 e. The van der Waals surface area contributed by atoms with Crippen LogP contribution in [-0.2, 0) is 0 Å². The van der Waals surface area contributed by atoms with E-state index in [0.29, 0.717) is 32.8 Å². The third-order valence-electron chi connectivity index (χ3n) is 3.25. The lowest BCUT2D eigenvalue weighted by Gasteiger charge is -2.07. The molecule has 2 aromatic carbocycles. The van der Waals surface area contributed by atoms with Gasteiger partial charge in [-0.3, -0.25) is 10.1 Å². The fourth-order valence-electron chi connectivity index (χ4n) is 2.46. The van der Waals surface area contributed by atoms with E-state index in [0.717, 1.165) is 0 Å². The number of aliphatic hydroxyl groups is 1. The van der Waals surface area contributed by atoms with Gasteiger partial charge >= 0.3 is 0 Å². The molecule has 0 aliphatic rings. The van der Waals surface area contributed by atoms with Crippen LogP contribution in [0.15, 0.2) is 24.3 Å². The SMILES string of the molecule is C/C(O)=c1\ccc2nc(C)nc3ccc([N+](=O)[O-])c1c32. The van der Waals surface area contributed by atoms with Gasteiger partial charge in [0.2, 0.25) is 0 Å². The maximum atomic E-state index is 11.2. The van der Waals surface area contributed by atoms with Crippen LogP contribution in [0.1, 0.15) is 12.7 Å². The first-order valence-corrected chi connectivity index (χ1v) is 6.03. The Morgan fingerprint density at radius 1 is 1.15 bits per heavy atom. The fraction of sp³-hybridized carbons (Fsp3) is 0.143. The van der Waals surface area contributed by atoms with Crippen molar-refractivity contribution in [2.24, 2.45) is 0 Å². The molecule has 3 rings (SSSR count). The van der Waals surface area contributed by atoms with Crippen molar-refractivity contribution < 1.29 is 10.0 Å². The Hall–Kier alpha value is -2.76.